The lowest BCUT2D eigenvalue weighted by Crippen LogP contribution is -2.40. The Morgan fingerprint density at radius 3 is 2.40 bits per heavy atom. The van der Waals surface area contributed by atoms with Crippen LogP contribution < -0.4 is 0 Å². The van der Waals surface area contributed by atoms with Crippen LogP contribution in [0.15, 0.2) is 24.5 Å². The van der Waals surface area contributed by atoms with Crippen molar-refractivity contribution in [2.24, 2.45) is 11.8 Å². The summed E-state index contributed by atoms with van der Waals surface area (Å²) in [5.74, 6) is 1.81. The minimum atomic E-state index is 0.741. The van der Waals surface area contributed by atoms with Gasteiger partial charge in [0.05, 0.1) is 0 Å². The summed E-state index contributed by atoms with van der Waals surface area (Å²) < 4.78 is 0. The van der Waals surface area contributed by atoms with Gasteiger partial charge in [0.2, 0.25) is 0 Å². The fourth-order valence-corrected chi connectivity index (χ4v) is 3.36. The average molecular weight is 274 g/mol. The van der Waals surface area contributed by atoms with Gasteiger partial charge in [-0.2, -0.15) is 0 Å². The van der Waals surface area contributed by atoms with Crippen molar-refractivity contribution in [3.8, 4) is 0 Å². The van der Waals surface area contributed by atoms with Crippen LogP contribution in [-0.2, 0) is 6.42 Å². The number of aromatic nitrogens is 1. The number of hydrogen-bond acceptors (Lipinski definition) is 2. The molecule has 1 fully saturated rings. The van der Waals surface area contributed by atoms with E-state index in [1.165, 1.54) is 50.8 Å². The summed E-state index contributed by atoms with van der Waals surface area (Å²) in [7, 11) is 0. The fourth-order valence-electron chi connectivity index (χ4n) is 3.36. The van der Waals surface area contributed by atoms with E-state index in [0.29, 0.717) is 0 Å². The van der Waals surface area contributed by atoms with Crippen LogP contribution in [0.5, 0.6) is 0 Å². The van der Waals surface area contributed by atoms with Crippen molar-refractivity contribution in [1.29, 1.82) is 0 Å². The van der Waals surface area contributed by atoms with Gasteiger partial charge < -0.3 is 4.90 Å². The molecule has 1 atom stereocenters. The third-order valence-corrected chi connectivity index (χ3v) is 4.98. The predicted octanol–water partition coefficient (Wildman–Crippen LogP) is 4.16. The lowest BCUT2D eigenvalue weighted by Gasteiger charge is -2.37. The molecule has 0 N–H and O–H groups in total. The van der Waals surface area contributed by atoms with Gasteiger partial charge in [-0.15, -0.1) is 0 Å². The van der Waals surface area contributed by atoms with Gasteiger partial charge in [-0.05, 0) is 81.6 Å². The zero-order chi connectivity index (χ0) is 14.4. The van der Waals surface area contributed by atoms with E-state index in [1.807, 2.05) is 12.4 Å². The van der Waals surface area contributed by atoms with Crippen LogP contribution in [0.25, 0.3) is 0 Å². The Hall–Kier alpha value is -0.890. The van der Waals surface area contributed by atoms with Crippen LogP contribution in [0, 0.1) is 11.8 Å². The Bertz CT molecular complexity index is 366. The normalized spacial score (nSPS) is 19.4. The molecule has 1 aliphatic heterocycles. The topological polar surface area (TPSA) is 16.1 Å². The molecule has 112 valence electrons. The van der Waals surface area contributed by atoms with E-state index in [-0.39, 0.29) is 0 Å². The van der Waals surface area contributed by atoms with E-state index in [0.717, 1.165) is 17.9 Å². The molecule has 0 radical (unpaired) electrons. The molecule has 0 spiro atoms. The molecule has 2 heteroatoms. The maximum Gasteiger partial charge on any atom is 0.0270 e. The van der Waals surface area contributed by atoms with Gasteiger partial charge in [0.15, 0.2) is 0 Å². The molecule has 0 saturated carbocycles. The van der Waals surface area contributed by atoms with Crippen LogP contribution in [0.4, 0.5) is 0 Å². The first-order valence-corrected chi connectivity index (χ1v) is 8.29. The smallest absolute Gasteiger partial charge is 0.0270 e. The minimum Gasteiger partial charge on any atom is -0.301 e. The maximum absolute atomic E-state index is 4.08. The van der Waals surface area contributed by atoms with Crippen LogP contribution in [0.3, 0.4) is 0 Å². The van der Waals surface area contributed by atoms with Crippen molar-refractivity contribution in [1.82, 2.24) is 9.88 Å². The monoisotopic (exact) mass is 274 g/mol. The van der Waals surface area contributed by atoms with E-state index >= 15 is 0 Å². The van der Waals surface area contributed by atoms with E-state index < -0.39 is 0 Å². The second-order valence-corrected chi connectivity index (χ2v) is 6.71. The standard InChI is InChI=1S/C18H30N2/c1-15(2)18-9-13-20(14-10-18)16(3)5-4-6-17-7-11-19-12-8-17/h7-8,11-12,15-16,18H,4-6,9-10,13-14H2,1-3H3. The van der Waals surface area contributed by atoms with Gasteiger partial charge in [-0.1, -0.05) is 13.8 Å². The highest BCUT2D eigenvalue weighted by molar-refractivity contribution is 5.09. The number of aryl methyl sites for hydroxylation is 1. The van der Waals surface area contributed by atoms with Crippen molar-refractivity contribution in [2.75, 3.05) is 13.1 Å². The van der Waals surface area contributed by atoms with Crippen molar-refractivity contribution < 1.29 is 0 Å². The lowest BCUT2D eigenvalue weighted by molar-refractivity contribution is 0.116. The molecule has 1 saturated heterocycles. The zero-order valence-electron chi connectivity index (χ0n) is 13.4. The third kappa shape index (κ3) is 4.59. The number of likely N-dealkylation sites (tertiary alicyclic amines) is 1. The van der Waals surface area contributed by atoms with Gasteiger partial charge in [0.25, 0.3) is 0 Å². The lowest BCUT2D eigenvalue weighted by atomic mass is 9.86. The molecule has 2 rings (SSSR count). The Morgan fingerprint density at radius 2 is 1.80 bits per heavy atom. The molecule has 0 aliphatic carbocycles. The molecule has 1 aliphatic rings. The van der Waals surface area contributed by atoms with Crippen LogP contribution in [0.2, 0.25) is 0 Å². The number of nitrogens with zero attached hydrogens (tertiary/aromatic N) is 2. The molecule has 2 heterocycles. The van der Waals surface area contributed by atoms with Crippen molar-refractivity contribution >= 4 is 0 Å². The Balaban J connectivity index is 1.67. The largest absolute Gasteiger partial charge is 0.301 e. The zero-order valence-corrected chi connectivity index (χ0v) is 13.4. The highest BCUT2D eigenvalue weighted by Gasteiger charge is 2.23. The SMILES string of the molecule is CC(C)C1CCN(C(C)CCCc2ccncc2)CC1. The first-order valence-electron chi connectivity index (χ1n) is 8.29. The van der Waals surface area contributed by atoms with Gasteiger partial charge in [-0.3, -0.25) is 4.98 Å². The van der Waals surface area contributed by atoms with E-state index in [9.17, 15) is 0 Å². The predicted molar refractivity (Wildman–Crippen MR) is 85.8 cm³/mol. The van der Waals surface area contributed by atoms with Crippen molar-refractivity contribution in [3.05, 3.63) is 30.1 Å². The fraction of sp³-hybridized carbons (Fsp3) is 0.722. The van der Waals surface area contributed by atoms with Crippen LogP contribution in [0.1, 0.15) is 52.0 Å². The summed E-state index contributed by atoms with van der Waals surface area (Å²) in [5, 5.41) is 0. The van der Waals surface area contributed by atoms with E-state index in [1.54, 1.807) is 0 Å². The maximum atomic E-state index is 4.08. The summed E-state index contributed by atoms with van der Waals surface area (Å²) in [6.07, 6.45) is 10.4. The molecule has 2 nitrogen and oxygen atoms in total. The molecule has 0 amide bonds. The summed E-state index contributed by atoms with van der Waals surface area (Å²) >= 11 is 0. The summed E-state index contributed by atoms with van der Waals surface area (Å²) in [4.78, 5) is 6.77. The summed E-state index contributed by atoms with van der Waals surface area (Å²) in [5.41, 5.74) is 1.42. The summed E-state index contributed by atoms with van der Waals surface area (Å²) in [6.45, 7) is 9.76. The summed E-state index contributed by atoms with van der Waals surface area (Å²) in [6, 6.07) is 5.02. The van der Waals surface area contributed by atoms with Crippen LogP contribution in [-0.4, -0.2) is 29.0 Å². The van der Waals surface area contributed by atoms with Gasteiger partial charge >= 0.3 is 0 Å². The van der Waals surface area contributed by atoms with Gasteiger partial charge in [-0.25, -0.2) is 0 Å². The quantitative estimate of drug-likeness (QED) is 0.774. The molecule has 1 unspecified atom stereocenters. The first-order chi connectivity index (χ1) is 9.66. The van der Waals surface area contributed by atoms with Crippen molar-refractivity contribution in [3.63, 3.8) is 0 Å². The van der Waals surface area contributed by atoms with Crippen LogP contribution >= 0.6 is 0 Å². The Labute approximate surface area is 124 Å². The van der Waals surface area contributed by atoms with Crippen molar-refractivity contribution in [2.45, 2.75) is 58.9 Å². The second kappa shape index (κ2) is 7.78. The molecule has 0 aromatic carbocycles. The van der Waals surface area contributed by atoms with Gasteiger partial charge in [0, 0.05) is 18.4 Å². The van der Waals surface area contributed by atoms with E-state index in [4.69, 9.17) is 0 Å². The molecular weight excluding hydrogens is 244 g/mol. The molecule has 0 bridgehead atoms. The molecule has 1 aromatic rings. The second-order valence-electron chi connectivity index (χ2n) is 6.71. The average Bonchev–Trinajstić information content (AvgIpc) is 2.48. The number of hydrogen-bond donors (Lipinski definition) is 0. The number of rotatable bonds is 6. The minimum absolute atomic E-state index is 0.741. The third-order valence-electron chi connectivity index (χ3n) is 4.98. The number of pyridine rings is 1. The highest BCUT2D eigenvalue weighted by Crippen LogP contribution is 2.26. The molecular formula is C18H30N2. The molecule has 1 aromatic heterocycles. The van der Waals surface area contributed by atoms with Gasteiger partial charge in [0.1, 0.15) is 0 Å². The Morgan fingerprint density at radius 1 is 1.15 bits per heavy atom. The highest BCUT2D eigenvalue weighted by atomic mass is 15.2. The first kappa shape index (κ1) is 15.5. The molecule has 20 heavy (non-hydrogen) atoms. The Kier molecular flexibility index (Phi) is 6.03. The number of piperidine rings is 1. The van der Waals surface area contributed by atoms with E-state index in [2.05, 4.69) is 42.8 Å².